The van der Waals surface area contributed by atoms with E-state index in [-0.39, 0.29) is 0 Å². The van der Waals surface area contributed by atoms with E-state index in [2.05, 4.69) is 239 Å². The summed E-state index contributed by atoms with van der Waals surface area (Å²) in [4.78, 5) is 9.12. The normalized spacial score (nSPS) is 14.6. The lowest BCUT2D eigenvalue weighted by atomic mass is 10.1. The van der Waals surface area contributed by atoms with Gasteiger partial charge in [0, 0.05) is 63.0 Å². The summed E-state index contributed by atoms with van der Waals surface area (Å²) in [7, 11) is 0. The monoisotopic (exact) mass is 836 g/mol. The van der Waals surface area contributed by atoms with Gasteiger partial charge in [-0.3, -0.25) is 0 Å². The van der Waals surface area contributed by atoms with E-state index in [1.165, 1.54) is 5.56 Å². The smallest absolute Gasteiger partial charge is 0.0890 e. The molecular weight excluding hydrogens is 789 g/mol. The van der Waals surface area contributed by atoms with Crippen LogP contribution in [0.2, 0.25) is 0 Å². The minimum absolute atomic E-state index is 0.953. The largest absolute Gasteiger partial charge is 0.310 e. The number of para-hydroxylation sites is 1. The highest BCUT2D eigenvalue weighted by Crippen LogP contribution is 2.41. The highest BCUT2D eigenvalue weighted by Gasteiger charge is 2.21. The molecule has 0 saturated carbocycles. The molecule has 312 valence electrons. The molecule has 0 N–H and O–H groups in total. The molecule has 4 nitrogen and oxygen atoms in total. The highest BCUT2D eigenvalue weighted by molar-refractivity contribution is 5.82. The van der Waals surface area contributed by atoms with E-state index in [0.29, 0.717) is 0 Å². The molecule has 0 bridgehead atoms. The third kappa shape index (κ3) is 9.69. The quantitative estimate of drug-likeness (QED) is 0.116. The first-order chi connectivity index (χ1) is 32.0. The lowest BCUT2D eigenvalue weighted by molar-refractivity contribution is 1.14. The predicted molar refractivity (Wildman–Crippen MR) is 274 cm³/mol. The van der Waals surface area contributed by atoms with Crippen molar-refractivity contribution in [1.82, 2.24) is 0 Å². The summed E-state index contributed by atoms with van der Waals surface area (Å²) in [5, 5.41) is 0. The number of anilines is 8. The summed E-state index contributed by atoms with van der Waals surface area (Å²) >= 11 is 0. The molecule has 0 spiro atoms. The Balaban J connectivity index is 1.15. The van der Waals surface area contributed by atoms with Gasteiger partial charge in [0.15, 0.2) is 0 Å². The second-order valence-corrected chi connectivity index (χ2v) is 15.9. The second kappa shape index (κ2) is 19.6. The second-order valence-electron chi connectivity index (χ2n) is 15.9. The Morgan fingerprint density at radius 3 is 1.48 bits per heavy atom. The van der Waals surface area contributed by atoms with Gasteiger partial charge in [0.05, 0.1) is 11.4 Å². The van der Waals surface area contributed by atoms with Crippen molar-refractivity contribution in [2.75, 3.05) is 19.6 Å². The maximum Gasteiger partial charge on any atom is 0.0890 e. The van der Waals surface area contributed by atoms with Crippen LogP contribution < -0.4 is 19.6 Å². The summed E-state index contributed by atoms with van der Waals surface area (Å²) in [6.45, 7) is 6.34. The van der Waals surface area contributed by atoms with E-state index < -0.39 is 0 Å². The van der Waals surface area contributed by atoms with Crippen molar-refractivity contribution < 1.29 is 0 Å². The summed E-state index contributed by atoms with van der Waals surface area (Å²) in [6, 6.07) is 45.5. The SMILES string of the molecule is CC1=CC(N(C2=CC=CC=C=C2)c2ccc(N(c3ccc(N(C4=C=CC=CC=C4)c4cccc(C)c4)cc3)c3ccc(N(C4=CC=C=CC(C)=C4)c4ccccc4)cc3)cc2)=CC=C=C1. The Kier molecular flexibility index (Phi) is 12.5. The van der Waals surface area contributed by atoms with E-state index in [1.807, 2.05) is 60.8 Å². The molecule has 0 saturated heterocycles. The lowest BCUT2D eigenvalue weighted by Gasteiger charge is -2.30. The van der Waals surface area contributed by atoms with Crippen molar-refractivity contribution in [3.63, 3.8) is 0 Å². The molecular formula is C61H48N4. The predicted octanol–water partition coefficient (Wildman–Crippen LogP) is 16.0. The zero-order chi connectivity index (χ0) is 44.4. The third-order valence-electron chi connectivity index (χ3n) is 11.1. The summed E-state index contributed by atoms with van der Waals surface area (Å²) in [5.74, 6) is 0. The van der Waals surface area contributed by atoms with Gasteiger partial charge in [-0.05, 0) is 207 Å². The molecule has 0 heterocycles. The van der Waals surface area contributed by atoms with Crippen molar-refractivity contribution in [2.45, 2.75) is 20.8 Å². The summed E-state index contributed by atoms with van der Waals surface area (Å²) in [5.41, 5.74) is 29.1. The first-order valence-corrected chi connectivity index (χ1v) is 21.8. The molecule has 0 radical (unpaired) electrons. The van der Waals surface area contributed by atoms with Gasteiger partial charge in [-0.15, -0.1) is 17.2 Å². The average Bonchev–Trinajstić information content (AvgIpc) is 3.92. The summed E-state index contributed by atoms with van der Waals surface area (Å²) in [6.07, 6.45) is 36.9. The Morgan fingerprint density at radius 1 is 0.354 bits per heavy atom. The van der Waals surface area contributed by atoms with Crippen LogP contribution in [-0.4, -0.2) is 0 Å². The van der Waals surface area contributed by atoms with E-state index in [1.54, 1.807) is 0 Å². The van der Waals surface area contributed by atoms with Gasteiger partial charge in [0.1, 0.15) is 0 Å². The van der Waals surface area contributed by atoms with Crippen LogP contribution in [-0.2, 0) is 0 Å². The van der Waals surface area contributed by atoms with E-state index >= 15 is 0 Å². The zero-order valence-electron chi connectivity index (χ0n) is 36.8. The molecule has 4 aliphatic carbocycles. The third-order valence-corrected chi connectivity index (χ3v) is 11.1. The summed E-state index contributed by atoms with van der Waals surface area (Å²) < 4.78 is 0. The van der Waals surface area contributed by atoms with Crippen LogP contribution in [0.15, 0.2) is 294 Å². The minimum Gasteiger partial charge on any atom is -0.310 e. The van der Waals surface area contributed by atoms with Gasteiger partial charge in [0.25, 0.3) is 0 Å². The Labute approximate surface area is 383 Å². The average molecular weight is 837 g/mol. The molecule has 0 aliphatic heterocycles. The number of benzene rings is 5. The lowest BCUT2D eigenvalue weighted by Crippen LogP contribution is -2.20. The van der Waals surface area contributed by atoms with E-state index in [4.69, 9.17) is 0 Å². The molecule has 4 heteroatoms. The Hall–Kier alpha value is -8.70. The van der Waals surface area contributed by atoms with Gasteiger partial charge in [-0.2, -0.15) is 0 Å². The van der Waals surface area contributed by atoms with Crippen molar-refractivity contribution in [3.05, 3.63) is 299 Å². The molecule has 0 aromatic heterocycles. The first-order valence-electron chi connectivity index (χ1n) is 21.8. The molecule has 5 aromatic carbocycles. The van der Waals surface area contributed by atoms with Gasteiger partial charge < -0.3 is 19.6 Å². The molecule has 9 rings (SSSR count). The molecule has 4 aliphatic rings. The van der Waals surface area contributed by atoms with Gasteiger partial charge in [-0.1, -0.05) is 66.4 Å². The van der Waals surface area contributed by atoms with Crippen LogP contribution >= 0.6 is 0 Å². The standard InChI is InChI=1S/C61H48N4/c1-47-20-15-17-29-59(44-47)63(50-23-9-4-5-10-24-50)56-38-32-53(33-39-56)62(54-34-40-57(41-35-54)64(52-27-13-8-14-28-52)60-30-18-16-21-48(2)45-60)55-36-42-58(43-37-55)65(51-25-11-6-7-12-26-51)61-31-19-22-49(3)46-61/h4-9,11-14,17-25,27-46H,1-3H3. The van der Waals surface area contributed by atoms with Crippen molar-refractivity contribution >= 4 is 45.5 Å². The molecule has 0 fully saturated rings. The number of aryl methyl sites for hydroxylation is 1. The van der Waals surface area contributed by atoms with Crippen LogP contribution in [0, 0.1) is 6.92 Å². The molecule has 5 aromatic rings. The Bertz CT molecular complexity index is 3130. The van der Waals surface area contributed by atoms with Crippen LogP contribution in [0.1, 0.15) is 19.4 Å². The molecule has 0 amide bonds. The molecule has 0 unspecified atom stereocenters. The fourth-order valence-corrected chi connectivity index (χ4v) is 8.09. The number of rotatable bonds is 12. The number of hydrogen-bond acceptors (Lipinski definition) is 4. The van der Waals surface area contributed by atoms with Crippen molar-refractivity contribution in [2.24, 2.45) is 0 Å². The van der Waals surface area contributed by atoms with Gasteiger partial charge >= 0.3 is 0 Å². The number of nitrogens with zero attached hydrogens (tertiary/aromatic N) is 4. The fourth-order valence-electron chi connectivity index (χ4n) is 8.09. The van der Waals surface area contributed by atoms with Crippen LogP contribution in [0.5, 0.6) is 0 Å². The molecule has 65 heavy (non-hydrogen) atoms. The highest BCUT2D eigenvalue weighted by atomic mass is 15.2. The van der Waals surface area contributed by atoms with Crippen LogP contribution in [0.4, 0.5) is 45.5 Å². The van der Waals surface area contributed by atoms with Crippen LogP contribution in [0.3, 0.4) is 0 Å². The molecule has 0 atom stereocenters. The van der Waals surface area contributed by atoms with Crippen LogP contribution in [0.25, 0.3) is 0 Å². The van der Waals surface area contributed by atoms with Crippen molar-refractivity contribution in [3.8, 4) is 0 Å². The minimum atomic E-state index is 0.953. The first kappa shape index (κ1) is 41.6. The van der Waals surface area contributed by atoms with E-state index in [9.17, 15) is 0 Å². The topological polar surface area (TPSA) is 13.0 Å². The maximum absolute atomic E-state index is 3.49. The zero-order valence-corrected chi connectivity index (χ0v) is 36.8. The van der Waals surface area contributed by atoms with Crippen molar-refractivity contribution in [1.29, 1.82) is 0 Å². The van der Waals surface area contributed by atoms with Gasteiger partial charge in [0.2, 0.25) is 0 Å². The van der Waals surface area contributed by atoms with E-state index in [0.717, 1.165) is 79.4 Å². The maximum atomic E-state index is 3.49. The number of hydrogen-bond donors (Lipinski definition) is 0. The Morgan fingerprint density at radius 2 is 0.862 bits per heavy atom. The fraction of sp³-hybridized carbons (Fsp3) is 0.0492. The number of allylic oxidation sites excluding steroid dienone is 16. The van der Waals surface area contributed by atoms with Gasteiger partial charge in [-0.25, -0.2) is 0 Å².